The molecule has 0 spiro atoms. The van der Waals surface area contributed by atoms with E-state index in [9.17, 15) is 16.8 Å². The van der Waals surface area contributed by atoms with Gasteiger partial charge in [-0.1, -0.05) is 6.92 Å². The predicted molar refractivity (Wildman–Crippen MR) is 84.7 cm³/mol. The third kappa shape index (κ3) is 4.69. The van der Waals surface area contributed by atoms with E-state index in [4.69, 9.17) is 0 Å². The molecule has 0 atom stereocenters. The second-order valence-electron chi connectivity index (χ2n) is 5.41. The first-order chi connectivity index (χ1) is 9.49. The molecule has 0 aliphatic heterocycles. The summed E-state index contributed by atoms with van der Waals surface area (Å²) in [5, 5.41) is 3.01. The largest absolute Gasteiger partial charge is 0.383 e. The van der Waals surface area contributed by atoms with Crippen LogP contribution in [0.25, 0.3) is 0 Å². The highest BCUT2D eigenvalue weighted by Gasteiger charge is 2.29. The van der Waals surface area contributed by atoms with Gasteiger partial charge < -0.3 is 5.32 Å². The van der Waals surface area contributed by atoms with Crippen LogP contribution < -0.4 is 10.0 Å². The van der Waals surface area contributed by atoms with Crippen molar-refractivity contribution in [1.29, 1.82) is 0 Å². The maximum Gasteiger partial charge on any atom is 0.240 e. The van der Waals surface area contributed by atoms with Crippen molar-refractivity contribution >= 4 is 25.5 Å². The summed E-state index contributed by atoms with van der Waals surface area (Å²) in [7, 11) is -6.65. The number of nitrogens with one attached hydrogen (secondary N) is 2. The number of anilines is 1. The van der Waals surface area contributed by atoms with Crippen LogP contribution >= 0.6 is 0 Å². The Labute approximate surface area is 126 Å². The molecule has 0 aliphatic rings. The van der Waals surface area contributed by atoms with Gasteiger partial charge in [0.25, 0.3) is 0 Å². The van der Waals surface area contributed by atoms with Gasteiger partial charge in [0, 0.05) is 25.0 Å². The van der Waals surface area contributed by atoms with Crippen LogP contribution in [0.2, 0.25) is 0 Å². The summed E-state index contributed by atoms with van der Waals surface area (Å²) < 4.78 is 48.3. The Morgan fingerprint density at radius 2 is 1.57 bits per heavy atom. The van der Waals surface area contributed by atoms with Crippen LogP contribution in [0.4, 0.5) is 5.69 Å². The van der Waals surface area contributed by atoms with Crippen LogP contribution in [0.3, 0.4) is 0 Å². The van der Waals surface area contributed by atoms with Crippen LogP contribution in [0.15, 0.2) is 29.2 Å². The molecule has 0 heterocycles. The van der Waals surface area contributed by atoms with E-state index in [1.165, 1.54) is 18.4 Å². The quantitative estimate of drug-likeness (QED) is 0.782. The van der Waals surface area contributed by atoms with Crippen LogP contribution in [0, 0.1) is 0 Å². The first kappa shape index (κ1) is 17.9. The predicted octanol–water partition coefficient (Wildman–Crippen LogP) is 1.22. The molecule has 0 fully saturated rings. The molecular formula is C13H22N2O4S2. The zero-order valence-electron chi connectivity index (χ0n) is 12.7. The monoisotopic (exact) mass is 334 g/mol. The van der Waals surface area contributed by atoms with Gasteiger partial charge in [-0.3, -0.25) is 0 Å². The average Bonchev–Trinajstić information content (AvgIpc) is 2.35. The highest BCUT2D eigenvalue weighted by atomic mass is 32.2. The van der Waals surface area contributed by atoms with Crippen LogP contribution in [0.5, 0.6) is 0 Å². The molecule has 2 N–H and O–H groups in total. The lowest BCUT2D eigenvalue weighted by atomic mass is 10.2. The fourth-order valence-electron chi connectivity index (χ4n) is 1.47. The molecule has 0 unspecified atom stereocenters. The van der Waals surface area contributed by atoms with Crippen LogP contribution in [0.1, 0.15) is 20.8 Å². The lowest BCUT2D eigenvalue weighted by Gasteiger charge is -2.23. The topological polar surface area (TPSA) is 92.3 Å². The van der Waals surface area contributed by atoms with Gasteiger partial charge in [0.2, 0.25) is 10.0 Å². The van der Waals surface area contributed by atoms with Gasteiger partial charge in [0.1, 0.15) is 0 Å². The Kier molecular flexibility index (Phi) is 5.40. The van der Waals surface area contributed by atoms with E-state index in [1.54, 1.807) is 32.9 Å². The summed E-state index contributed by atoms with van der Waals surface area (Å²) in [6.45, 7) is 5.55. The van der Waals surface area contributed by atoms with Crippen molar-refractivity contribution in [3.05, 3.63) is 24.3 Å². The van der Waals surface area contributed by atoms with Crippen LogP contribution in [-0.2, 0) is 19.9 Å². The normalized spacial score (nSPS) is 13.1. The van der Waals surface area contributed by atoms with E-state index in [2.05, 4.69) is 10.0 Å². The molecule has 0 aromatic heterocycles. The van der Waals surface area contributed by atoms with Gasteiger partial charge in [0.05, 0.1) is 9.64 Å². The lowest BCUT2D eigenvalue weighted by molar-refractivity contribution is 0.560. The van der Waals surface area contributed by atoms with Crippen molar-refractivity contribution in [3.8, 4) is 0 Å². The molecule has 21 heavy (non-hydrogen) atoms. The summed E-state index contributed by atoms with van der Waals surface area (Å²) in [5.41, 5.74) is 0.669. The maximum absolute atomic E-state index is 11.8. The summed E-state index contributed by atoms with van der Waals surface area (Å²) in [5.74, 6) is 0. The van der Waals surface area contributed by atoms with Gasteiger partial charge in [-0.25, -0.2) is 21.6 Å². The summed E-state index contributed by atoms with van der Waals surface area (Å²) in [4.78, 5) is 0.178. The van der Waals surface area contributed by atoms with E-state index < -0.39 is 24.6 Å². The smallest absolute Gasteiger partial charge is 0.240 e. The molecule has 0 aliphatic carbocycles. The zero-order valence-corrected chi connectivity index (χ0v) is 14.3. The Hall–Kier alpha value is -1.12. The van der Waals surface area contributed by atoms with Gasteiger partial charge in [-0.05, 0) is 38.1 Å². The van der Waals surface area contributed by atoms with Crippen molar-refractivity contribution in [2.24, 2.45) is 0 Å². The minimum absolute atomic E-state index is 0.178. The lowest BCUT2D eigenvalue weighted by Crippen LogP contribution is -2.38. The molecule has 0 saturated heterocycles. The first-order valence-electron chi connectivity index (χ1n) is 6.53. The molecule has 8 heteroatoms. The highest BCUT2D eigenvalue weighted by Crippen LogP contribution is 2.18. The summed E-state index contributed by atoms with van der Waals surface area (Å²) >= 11 is 0. The average molecular weight is 334 g/mol. The molecule has 0 amide bonds. The van der Waals surface area contributed by atoms with Gasteiger partial charge in [0.15, 0.2) is 9.84 Å². The molecule has 1 aromatic carbocycles. The van der Waals surface area contributed by atoms with E-state index in [-0.39, 0.29) is 11.4 Å². The van der Waals surface area contributed by atoms with E-state index >= 15 is 0 Å². The molecule has 1 rings (SSSR count). The van der Waals surface area contributed by atoms with Crippen LogP contribution in [-0.4, -0.2) is 40.9 Å². The molecule has 6 nitrogen and oxygen atoms in total. The number of hydrogen-bond donors (Lipinski definition) is 2. The fourth-order valence-corrected chi connectivity index (χ4v) is 2.85. The van der Waals surface area contributed by atoms with Gasteiger partial charge in [-0.15, -0.1) is 0 Å². The SMILES string of the molecule is CCNS(=O)(=O)c1ccc(NCC(C)(C)S(C)(=O)=O)cc1. The van der Waals surface area contributed by atoms with Gasteiger partial charge in [-0.2, -0.15) is 0 Å². The Bertz CT molecular complexity index is 677. The standard InChI is InChI=1S/C13H22N2O4S2/c1-5-15-21(18,19)12-8-6-11(7-9-12)14-10-13(2,3)20(4,16)17/h6-9,14-15H,5,10H2,1-4H3. The third-order valence-electron chi connectivity index (χ3n) is 3.22. The van der Waals surface area contributed by atoms with Crippen molar-refractivity contribution in [3.63, 3.8) is 0 Å². The summed E-state index contributed by atoms with van der Waals surface area (Å²) in [6, 6.07) is 6.19. The first-order valence-corrected chi connectivity index (χ1v) is 9.90. The minimum Gasteiger partial charge on any atom is -0.383 e. The van der Waals surface area contributed by atoms with Gasteiger partial charge >= 0.3 is 0 Å². The maximum atomic E-state index is 11.8. The number of rotatable bonds is 7. The molecule has 0 saturated carbocycles. The molecule has 0 bridgehead atoms. The Morgan fingerprint density at radius 3 is 2.00 bits per heavy atom. The minimum atomic E-state index is -3.47. The number of hydrogen-bond acceptors (Lipinski definition) is 5. The van der Waals surface area contributed by atoms with Crippen molar-refractivity contribution < 1.29 is 16.8 Å². The van der Waals surface area contributed by atoms with Crippen molar-refractivity contribution in [2.75, 3.05) is 24.7 Å². The summed E-state index contributed by atoms with van der Waals surface area (Å²) in [6.07, 6.45) is 1.20. The number of sulfonamides is 1. The van der Waals surface area contributed by atoms with E-state index in [1.807, 2.05) is 0 Å². The number of sulfone groups is 1. The van der Waals surface area contributed by atoms with Crippen molar-refractivity contribution in [1.82, 2.24) is 4.72 Å². The Morgan fingerprint density at radius 1 is 1.05 bits per heavy atom. The third-order valence-corrected chi connectivity index (χ3v) is 6.93. The second kappa shape index (κ2) is 6.33. The number of benzene rings is 1. The Balaban J connectivity index is 2.82. The molecule has 1 aromatic rings. The van der Waals surface area contributed by atoms with E-state index in [0.717, 1.165) is 0 Å². The molecular weight excluding hydrogens is 312 g/mol. The zero-order chi connectivity index (χ0) is 16.3. The second-order valence-corrected chi connectivity index (χ2v) is 9.83. The van der Waals surface area contributed by atoms with Crippen molar-refractivity contribution in [2.45, 2.75) is 30.4 Å². The molecule has 0 radical (unpaired) electrons. The van der Waals surface area contributed by atoms with E-state index in [0.29, 0.717) is 12.2 Å². The molecule has 120 valence electrons. The highest BCUT2D eigenvalue weighted by molar-refractivity contribution is 7.92. The fraction of sp³-hybridized carbons (Fsp3) is 0.538.